The number of primary sulfonamides is 1. The molecule has 1 unspecified atom stereocenters. The van der Waals surface area contributed by atoms with Gasteiger partial charge in [-0.25, -0.2) is 13.6 Å². The summed E-state index contributed by atoms with van der Waals surface area (Å²) < 4.78 is 32.5. The highest BCUT2D eigenvalue weighted by Gasteiger charge is 2.10. The Morgan fingerprint density at radius 3 is 2.23 bits per heavy atom. The van der Waals surface area contributed by atoms with Crippen molar-refractivity contribution in [2.45, 2.75) is 4.90 Å². The van der Waals surface area contributed by atoms with Gasteiger partial charge in [0.1, 0.15) is 5.08 Å². The average Bonchev–Trinajstić information content (AvgIpc) is 2.03. The zero-order valence-electron chi connectivity index (χ0n) is 6.71. The standard InChI is InChI=1S/C7H9NO3S2/c8-13(10,11)6-12(9)7-4-2-1-3-5-7/h1-5H,6H2,(H2,8,10,11). The molecule has 0 saturated carbocycles. The Hall–Kier alpha value is -0.720. The first-order valence-electron chi connectivity index (χ1n) is 3.43. The largest absolute Gasteiger partial charge is 0.253 e. The first kappa shape index (κ1) is 10.4. The predicted octanol–water partition coefficient (Wildman–Crippen LogP) is 0.0402. The van der Waals surface area contributed by atoms with Crippen LogP contribution >= 0.6 is 0 Å². The molecule has 0 heterocycles. The molecule has 4 nitrogen and oxygen atoms in total. The van der Waals surface area contributed by atoms with Gasteiger partial charge < -0.3 is 0 Å². The van der Waals surface area contributed by atoms with Crippen molar-refractivity contribution in [2.75, 3.05) is 5.08 Å². The first-order valence-corrected chi connectivity index (χ1v) is 6.46. The van der Waals surface area contributed by atoms with E-state index in [2.05, 4.69) is 0 Å². The van der Waals surface area contributed by atoms with Crippen LogP contribution in [-0.4, -0.2) is 17.7 Å². The van der Waals surface area contributed by atoms with Crippen LogP contribution < -0.4 is 5.14 Å². The topological polar surface area (TPSA) is 77.2 Å². The van der Waals surface area contributed by atoms with E-state index in [9.17, 15) is 12.6 Å². The molecule has 0 aromatic heterocycles. The Morgan fingerprint density at radius 1 is 1.23 bits per heavy atom. The number of hydrogen-bond acceptors (Lipinski definition) is 3. The van der Waals surface area contributed by atoms with Gasteiger partial charge in [-0.3, -0.25) is 4.21 Å². The zero-order chi connectivity index (χ0) is 9.90. The third kappa shape index (κ3) is 3.67. The molecule has 0 spiro atoms. The molecule has 2 N–H and O–H groups in total. The maximum Gasteiger partial charge on any atom is 0.221 e. The lowest BCUT2D eigenvalue weighted by Gasteiger charge is -1.98. The minimum Gasteiger partial charge on any atom is -0.253 e. The van der Waals surface area contributed by atoms with Crippen LogP contribution in [0.3, 0.4) is 0 Å². The summed E-state index contributed by atoms with van der Waals surface area (Å²) in [4.78, 5) is 0.469. The van der Waals surface area contributed by atoms with Crippen molar-refractivity contribution in [3.8, 4) is 0 Å². The molecule has 0 aliphatic carbocycles. The third-order valence-electron chi connectivity index (χ3n) is 1.28. The van der Waals surface area contributed by atoms with E-state index >= 15 is 0 Å². The monoisotopic (exact) mass is 219 g/mol. The quantitative estimate of drug-likeness (QED) is 0.779. The molecular weight excluding hydrogens is 210 g/mol. The Morgan fingerprint density at radius 2 is 1.77 bits per heavy atom. The maximum atomic E-state index is 11.3. The summed E-state index contributed by atoms with van der Waals surface area (Å²) in [6.45, 7) is 0. The van der Waals surface area contributed by atoms with Gasteiger partial charge in [-0.2, -0.15) is 0 Å². The summed E-state index contributed by atoms with van der Waals surface area (Å²) in [5, 5.41) is 4.22. The summed E-state index contributed by atoms with van der Waals surface area (Å²) in [7, 11) is -5.24. The molecule has 0 fully saturated rings. The van der Waals surface area contributed by atoms with Gasteiger partial charge in [0, 0.05) is 4.90 Å². The van der Waals surface area contributed by atoms with Gasteiger partial charge in [0.25, 0.3) is 0 Å². The predicted molar refractivity (Wildman–Crippen MR) is 50.8 cm³/mol. The summed E-state index contributed by atoms with van der Waals surface area (Å²) >= 11 is 0. The fourth-order valence-electron chi connectivity index (χ4n) is 0.790. The van der Waals surface area contributed by atoms with E-state index in [1.807, 2.05) is 0 Å². The number of hydrogen-bond donors (Lipinski definition) is 1. The molecule has 1 atom stereocenters. The van der Waals surface area contributed by atoms with Crippen LogP contribution in [0.2, 0.25) is 0 Å². The number of sulfonamides is 1. The molecule has 1 rings (SSSR count). The molecule has 0 bridgehead atoms. The molecule has 1 aromatic rings. The van der Waals surface area contributed by atoms with Crippen LogP contribution in [-0.2, 0) is 20.8 Å². The molecule has 72 valence electrons. The van der Waals surface area contributed by atoms with Crippen molar-refractivity contribution in [3.05, 3.63) is 30.3 Å². The Balaban J connectivity index is 2.82. The molecule has 0 aliphatic heterocycles. The summed E-state index contributed by atoms with van der Waals surface area (Å²) in [6.07, 6.45) is 0. The minimum atomic E-state index is -3.67. The van der Waals surface area contributed by atoms with E-state index in [1.54, 1.807) is 30.3 Å². The Kier molecular flexibility index (Phi) is 3.18. The van der Waals surface area contributed by atoms with Crippen molar-refractivity contribution in [1.29, 1.82) is 0 Å². The Bertz CT molecular complexity index is 399. The van der Waals surface area contributed by atoms with Gasteiger partial charge in [-0.1, -0.05) is 18.2 Å². The zero-order valence-corrected chi connectivity index (χ0v) is 8.35. The molecule has 0 aliphatic rings. The van der Waals surface area contributed by atoms with Gasteiger partial charge in [-0.05, 0) is 12.1 Å². The van der Waals surface area contributed by atoms with Crippen molar-refractivity contribution in [1.82, 2.24) is 0 Å². The van der Waals surface area contributed by atoms with Crippen molar-refractivity contribution < 1.29 is 12.6 Å². The van der Waals surface area contributed by atoms with Crippen molar-refractivity contribution in [2.24, 2.45) is 5.14 Å². The fraction of sp³-hybridized carbons (Fsp3) is 0.143. The fourth-order valence-corrected chi connectivity index (χ4v) is 2.99. The van der Waals surface area contributed by atoms with Gasteiger partial charge in [0.2, 0.25) is 10.0 Å². The smallest absolute Gasteiger partial charge is 0.221 e. The molecular formula is C7H9NO3S2. The number of rotatable bonds is 3. The summed E-state index contributed by atoms with van der Waals surface area (Å²) in [5.74, 6) is 0. The molecule has 13 heavy (non-hydrogen) atoms. The number of benzene rings is 1. The third-order valence-corrected chi connectivity index (χ3v) is 4.25. The molecule has 0 radical (unpaired) electrons. The second kappa shape index (κ2) is 3.99. The van der Waals surface area contributed by atoms with Crippen LogP contribution in [0.4, 0.5) is 0 Å². The van der Waals surface area contributed by atoms with Crippen molar-refractivity contribution in [3.63, 3.8) is 0 Å². The summed E-state index contributed by atoms with van der Waals surface area (Å²) in [5.41, 5.74) is 0. The average molecular weight is 219 g/mol. The van der Waals surface area contributed by atoms with E-state index in [0.29, 0.717) is 4.90 Å². The lowest BCUT2D eigenvalue weighted by atomic mass is 10.4. The van der Waals surface area contributed by atoms with Gasteiger partial charge in [0.15, 0.2) is 0 Å². The lowest BCUT2D eigenvalue weighted by molar-refractivity contribution is 0.601. The molecule has 6 heteroatoms. The van der Waals surface area contributed by atoms with Crippen LogP contribution in [0.1, 0.15) is 0 Å². The molecule has 0 amide bonds. The van der Waals surface area contributed by atoms with Crippen LogP contribution in [0.5, 0.6) is 0 Å². The van der Waals surface area contributed by atoms with Gasteiger partial charge in [-0.15, -0.1) is 0 Å². The molecule has 1 aromatic carbocycles. The van der Waals surface area contributed by atoms with Crippen LogP contribution in [0.25, 0.3) is 0 Å². The normalized spacial score (nSPS) is 13.9. The van der Waals surface area contributed by atoms with Gasteiger partial charge in [0.05, 0.1) is 10.8 Å². The molecule has 0 saturated heterocycles. The second-order valence-electron chi connectivity index (χ2n) is 2.44. The van der Waals surface area contributed by atoms with Crippen molar-refractivity contribution >= 4 is 20.8 Å². The van der Waals surface area contributed by atoms with E-state index in [0.717, 1.165) is 0 Å². The number of nitrogens with two attached hydrogens (primary N) is 1. The second-order valence-corrected chi connectivity index (χ2v) is 5.87. The van der Waals surface area contributed by atoms with E-state index < -0.39 is 25.9 Å². The highest BCUT2D eigenvalue weighted by molar-refractivity contribution is 8.04. The highest BCUT2D eigenvalue weighted by Crippen LogP contribution is 2.06. The first-order chi connectivity index (χ1) is 5.99. The van der Waals surface area contributed by atoms with E-state index in [1.165, 1.54) is 0 Å². The summed E-state index contributed by atoms with van der Waals surface area (Å²) in [6, 6.07) is 8.34. The Labute approximate surface area is 79.3 Å². The van der Waals surface area contributed by atoms with Gasteiger partial charge >= 0.3 is 0 Å². The van der Waals surface area contributed by atoms with Crippen LogP contribution in [0, 0.1) is 0 Å². The maximum absolute atomic E-state index is 11.3. The SMILES string of the molecule is NS(=O)(=O)CS(=O)c1ccccc1. The lowest BCUT2D eigenvalue weighted by Crippen LogP contribution is -2.19. The van der Waals surface area contributed by atoms with E-state index in [-0.39, 0.29) is 0 Å². The highest BCUT2D eigenvalue weighted by atomic mass is 32.3. The van der Waals surface area contributed by atoms with E-state index in [4.69, 9.17) is 5.14 Å². The minimum absolute atomic E-state index is 0.469. The van der Waals surface area contributed by atoms with Crippen LogP contribution in [0.15, 0.2) is 35.2 Å².